The van der Waals surface area contributed by atoms with Gasteiger partial charge in [-0.3, -0.25) is 4.79 Å². The van der Waals surface area contributed by atoms with Crippen molar-refractivity contribution in [2.24, 2.45) is 7.05 Å². The number of aryl methyl sites for hydroxylation is 1. The van der Waals surface area contributed by atoms with Crippen molar-refractivity contribution in [1.29, 1.82) is 0 Å². The molecule has 0 unspecified atom stereocenters. The van der Waals surface area contributed by atoms with Gasteiger partial charge in [-0.15, -0.1) is 0 Å². The van der Waals surface area contributed by atoms with Gasteiger partial charge in [-0.25, -0.2) is 4.98 Å². The van der Waals surface area contributed by atoms with E-state index in [9.17, 15) is 4.79 Å². The summed E-state index contributed by atoms with van der Waals surface area (Å²) < 4.78 is 2.06. The van der Waals surface area contributed by atoms with Gasteiger partial charge in [0, 0.05) is 20.1 Å². The van der Waals surface area contributed by atoms with Crippen LogP contribution in [0.25, 0.3) is 11.0 Å². The molecule has 5 heteroatoms. The summed E-state index contributed by atoms with van der Waals surface area (Å²) in [6.45, 7) is 3.79. The second kappa shape index (κ2) is 5.48. The molecule has 3 rings (SSSR count). The summed E-state index contributed by atoms with van der Waals surface area (Å²) in [5.41, 5.74) is 2.09. The minimum absolute atomic E-state index is 0.0800. The van der Waals surface area contributed by atoms with E-state index in [1.54, 1.807) is 11.8 Å². The third-order valence-corrected chi connectivity index (χ3v) is 4.92. The number of likely N-dealkylation sites (tertiary alicyclic amines) is 1. The predicted molar refractivity (Wildman–Crippen MR) is 81.8 cm³/mol. The summed E-state index contributed by atoms with van der Waals surface area (Å²) >= 11 is 1.55. The minimum atomic E-state index is -0.0800. The van der Waals surface area contributed by atoms with Crippen LogP contribution in [0.1, 0.15) is 19.8 Å². The van der Waals surface area contributed by atoms with Crippen LogP contribution in [0, 0.1) is 0 Å². The van der Waals surface area contributed by atoms with Gasteiger partial charge in [0.15, 0.2) is 5.16 Å². The van der Waals surface area contributed by atoms with Crippen LogP contribution in [-0.4, -0.2) is 38.7 Å². The number of aromatic nitrogens is 2. The van der Waals surface area contributed by atoms with Gasteiger partial charge < -0.3 is 9.47 Å². The molecule has 4 nitrogen and oxygen atoms in total. The van der Waals surface area contributed by atoms with E-state index >= 15 is 0 Å². The first-order valence-corrected chi connectivity index (χ1v) is 7.91. The number of para-hydroxylation sites is 2. The van der Waals surface area contributed by atoms with Crippen LogP contribution in [0.15, 0.2) is 29.4 Å². The smallest absolute Gasteiger partial charge is 0.235 e. The van der Waals surface area contributed by atoms with Gasteiger partial charge in [0.25, 0.3) is 0 Å². The average Bonchev–Trinajstić information content (AvgIpc) is 3.08. The molecular weight excluding hydrogens is 270 g/mol. The van der Waals surface area contributed by atoms with E-state index in [1.807, 2.05) is 37.1 Å². The van der Waals surface area contributed by atoms with Crippen LogP contribution >= 0.6 is 11.8 Å². The highest BCUT2D eigenvalue weighted by Gasteiger charge is 2.25. The molecule has 0 aliphatic carbocycles. The molecule has 20 heavy (non-hydrogen) atoms. The first-order valence-electron chi connectivity index (χ1n) is 7.04. The molecular formula is C15H19N3OS. The van der Waals surface area contributed by atoms with Gasteiger partial charge in [-0.1, -0.05) is 23.9 Å². The van der Waals surface area contributed by atoms with Gasteiger partial charge in [-0.05, 0) is 31.9 Å². The number of hydrogen-bond acceptors (Lipinski definition) is 3. The molecule has 0 spiro atoms. The van der Waals surface area contributed by atoms with Crippen LogP contribution in [0.4, 0.5) is 0 Å². The number of fused-ring (bicyclic) bond motifs is 1. The average molecular weight is 289 g/mol. The monoisotopic (exact) mass is 289 g/mol. The largest absolute Gasteiger partial charge is 0.342 e. The summed E-state index contributed by atoms with van der Waals surface area (Å²) in [4.78, 5) is 18.9. The second-order valence-corrected chi connectivity index (χ2v) is 6.54. The van der Waals surface area contributed by atoms with Crippen molar-refractivity contribution in [1.82, 2.24) is 14.5 Å². The minimum Gasteiger partial charge on any atom is -0.342 e. The lowest BCUT2D eigenvalue weighted by molar-refractivity contribution is -0.129. The number of rotatable bonds is 3. The molecule has 106 valence electrons. The van der Waals surface area contributed by atoms with Crippen molar-refractivity contribution < 1.29 is 4.79 Å². The van der Waals surface area contributed by atoms with Crippen molar-refractivity contribution in [3.63, 3.8) is 0 Å². The summed E-state index contributed by atoms with van der Waals surface area (Å²) in [7, 11) is 2.00. The molecule has 1 aliphatic rings. The van der Waals surface area contributed by atoms with Gasteiger partial charge in [0.1, 0.15) is 0 Å². The number of carbonyl (C=O) groups is 1. The molecule has 1 aliphatic heterocycles. The van der Waals surface area contributed by atoms with Crippen LogP contribution in [0.2, 0.25) is 0 Å². The summed E-state index contributed by atoms with van der Waals surface area (Å²) in [6, 6.07) is 8.06. The fourth-order valence-corrected chi connectivity index (χ4v) is 3.61. The number of thioether (sulfide) groups is 1. The maximum absolute atomic E-state index is 12.3. The Kier molecular flexibility index (Phi) is 3.70. The fourth-order valence-electron chi connectivity index (χ4n) is 2.63. The van der Waals surface area contributed by atoms with E-state index < -0.39 is 0 Å². The number of imidazole rings is 1. The Morgan fingerprint density at radius 3 is 2.70 bits per heavy atom. The van der Waals surface area contributed by atoms with Gasteiger partial charge in [0.2, 0.25) is 5.91 Å². The predicted octanol–water partition coefficient (Wildman–Crippen LogP) is 2.68. The lowest BCUT2D eigenvalue weighted by atomic mass is 10.3. The Morgan fingerprint density at radius 2 is 2.00 bits per heavy atom. The zero-order valence-corrected chi connectivity index (χ0v) is 12.7. The quantitative estimate of drug-likeness (QED) is 0.815. The summed E-state index contributed by atoms with van der Waals surface area (Å²) in [5, 5.41) is 0.829. The second-order valence-electron chi connectivity index (χ2n) is 5.23. The van der Waals surface area contributed by atoms with Crippen molar-refractivity contribution >= 4 is 28.7 Å². The van der Waals surface area contributed by atoms with Crippen molar-refractivity contribution in [3.05, 3.63) is 24.3 Å². The molecule has 0 radical (unpaired) electrons. The fraction of sp³-hybridized carbons (Fsp3) is 0.467. The zero-order valence-electron chi connectivity index (χ0n) is 11.9. The van der Waals surface area contributed by atoms with E-state index in [-0.39, 0.29) is 11.2 Å². The number of hydrogen-bond donors (Lipinski definition) is 0. The molecule has 1 aromatic carbocycles. The maximum atomic E-state index is 12.3. The summed E-state index contributed by atoms with van der Waals surface area (Å²) in [6.07, 6.45) is 2.27. The first kappa shape index (κ1) is 13.5. The number of amides is 1. The summed E-state index contributed by atoms with van der Waals surface area (Å²) in [5.74, 6) is 0.236. The van der Waals surface area contributed by atoms with Crippen molar-refractivity contribution in [3.8, 4) is 0 Å². The van der Waals surface area contributed by atoms with Crippen LogP contribution < -0.4 is 0 Å². The molecule has 2 heterocycles. The Bertz CT molecular complexity index is 631. The van der Waals surface area contributed by atoms with E-state index in [0.717, 1.165) is 42.1 Å². The molecule has 2 aromatic rings. The Morgan fingerprint density at radius 1 is 1.30 bits per heavy atom. The third-order valence-electron chi connectivity index (χ3n) is 3.79. The topological polar surface area (TPSA) is 38.1 Å². The van der Waals surface area contributed by atoms with E-state index in [0.29, 0.717) is 0 Å². The standard InChI is InChI=1S/C15H19N3OS/c1-11(14(19)18-9-5-6-10-18)20-15-16-12-7-3-4-8-13(12)17(15)2/h3-4,7-8,11H,5-6,9-10H2,1-2H3/t11-/m0/s1. The Hall–Kier alpha value is -1.49. The molecule has 1 fully saturated rings. The molecule has 0 bridgehead atoms. The van der Waals surface area contributed by atoms with E-state index in [4.69, 9.17) is 0 Å². The third kappa shape index (κ3) is 2.42. The van der Waals surface area contributed by atoms with E-state index in [2.05, 4.69) is 15.6 Å². The normalized spacial score (nSPS) is 16.8. The molecule has 1 aromatic heterocycles. The highest BCUT2D eigenvalue weighted by atomic mass is 32.2. The highest BCUT2D eigenvalue weighted by molar-refractivity contribution is 8.00. The molecule has 1 saturated heterocycles. The molecule has 1 atom stereocenters. The Balaban J connectivity index is 1.78. The lowest BCUT2D eigenvalue weighted by Gasteiger charge is -2.19. The Labute approximate surface area is 123 Å². The van der Waals surface area contributed by atoms with Gasteiger partial charge in [-0.2, -0.15) is 0 Å². The number of carbonyl (C=O) groups excluding carboxylic acids is 1. The van der Waals surface area contributed by atoms with Gasteiger partial charge in [0.05, 0.1) is 16.3 Å². The SMILES string of the molecule is C[C@H](Sc1nc2ccccc2n1C)C(=O)N1CCCC1. The number of nitrogens with zero attached hydrogens (tertiary/aromatic N) is 3. The number of benzene rings is 1. The zero-order chi connectivity index (χ0) is 14.1. The molecule has 0 saturated carbocycles. The highest BCUT2D eigenvalue weighted by Crippen LogP contribution is 2.27. The van der Waals surface area contributed by atoms with Crippen LogP contribution in [0.3, 0.4) is 0 Å². The van der Waals surface area contributed by atoms with E-state index in [1.165, 1.54) is 0 Å². The van der Waals surface area contributed by atoms with Crippen molar-refractivity contribution in [2.45, 2.75) is 30.2 Å². The maximum Gasteiger partial charge on any atom is 0.235 e. The van der Waals surface area contributed by atoms with Crippen LogP contribution in [0.5, 0.6) is 0 Å². The van der Waals surface area contributed by atoms with Crippen LogP contribution in [-0.2, 0) is 11.8 Å². The lowest BCUT2D eigenvalue weighted by Crippen LogP contribution is -2.34. The molecule has 1 amide bonds. The van der Waals surface area contributed by atoms with Crippen molar-refractivity contribution in [2.75, 3.05) is 13.1 Å². The van der Waals surface area contributed by atoms with Gasteiger partial charge >= 0.3 is 0 Å². The first-order chi connectivity index (χ1) is 9.66. The molecule has 0 N–H and O–H groups in total.